The highest BCUT2D eigenvalue weighted by atomic mass is 35.5. The van der Waals surface area contributed by atoms with Gasteiger partial charge in [0.05, 0.1) is 17.4 Å². The summed E-state index contributed by atoms with van der Waals surface area (Å²) in [5, 5.41) is 0.176. The van der Waals surface area contributed by atoms with E-state index >= 15 is 0 Å². The van der Waals surface area contributed by atoms with Crippen molar-refractivity contribution in [2.45, 2.75) is 38.5 Å². The predicted molar refractivity (Wildman–Crippen MR) is 81.4 cm³/mol. The molecule has 0 amide bonds. The Labute approximate surface area is 126 Å². The number of rotatable bonds is 2. The summed E-state index contributed by atoms with van der Waals surface area (Å²) in [6.07, 6.45) is 7.21. The molecular weight excluding hydrogens is 290 g/mol. The maximum atomic E-state index is 12.8. The number of aromatic nitrogens is 3. The first-order valence-electron chi connectivity index (χ1n) is 7.05. The van der Waals surface area contributed by atoms with Gasteiger partial charge in [0.15, 0.2) is 0 Å². The summed E-state index contributed by atoms with van der Waals surface area (Å²) in [4.78, 5) is 31.6. The van der Waals surface area contributed by atoms with Gasteiger partial charge < -0.3 is 0 Å². The Morgan fingerprint density at radius 3 is 2.71 bits per heavy atom. The van der Waals surface area contributed by atoms with Crippen LogP contribution in [0.15, 0.2) is 28.0 Å². The van der Waals surface area contributed by atoms with Crippen LogP contribution in [0.25, 0.3) is 5.69 Å². The lowest BCUT2D eigenvalue weighted by Gasteiger charge is -2.14. The summed E-state index contributed by atoms with van der Waals surface area (Å²) in [5.74, 6) is 0.130. The highest BCUT2D eigenvalue weighted by Gasteiger charge is 2.25. The molecule has 1 aliphatic carbocycles. The molecule has 0 bridgehead atoms. The van der Waals surface area contributed by atoms with Gasteiger partial charge in [-0.1, -0.05) is 24.4 Å². The normalized spacial score (nSPS) is 15.5. The Bertz CT molecular complexity index is 788. The molecule has 5 nitrogen and oxygen atoms in total. The van der Waals surface area contributed by atoms with Gasteiger partial charge in [0.1, 0.15) is 5.15 Å². The van der Waals surface area contributed by atoms with Crippen LogP contribution in [0, 0.1) is 6.92 Å². The standard InChI is InChI=1S/C15H16ClN3O2/c1-9-6-7-17-8-11(9)19-14(20)12(10-4-2-3-5-10)13(16)18-15(19)21/h6-8,10H,2-5H2,1H3,(H,18,21). The van der Waals surface area contributed by atoms with E-state index in [1.165, 1.54) is 6.20 Å². The molecule has 6 heteroatoms. The third-order valence-electron chi connectivity index (χ3n) is 4.11. The van der Waals surface area contributed by atoms with Crippen molar-refractivity contribution in [1.82, 2.24) is 14.5 Å². The third kappa shape index (κ3) is 2.42. The summed E-state index contributed by atoms with van der Waals surface area (Å²) in [6.45, 7) is 1.84. The lowest BCUT2D eigenvalue weighted by Crippen LogP contribution is -2.37. The predicted octanol–water partition coefficient (Wildman–Crippen LogP) is 2.54. The molecule has 2 aromatic rings. The van der Waals surface area contributed by atoms with Crippen molar-refractivity contribution in [2.75, 3.05) is 0 Å². The Morgan fingerprint density at radius 1 is 1.33 bits per heavy atom. The lowest BCUT2D eigenvalue weighted by molar-refractivity contribution is 0.687. The molecule has 110 valence electrons. The van der Waals surface area contributed by atoms with Gasteiger partial charge in [-0.05, 0) is 37.3 Å². The third-order valence-corrected chi connectivity index (χ3v) is 4.40. The average molecular weight is 306 g/mol. The van der Waals surface area contributed by atoms with Crippen molar-refractivity contribution >= 4 is 11.6 Å². The molecule has 1 fully saturated rings. The van der Waals surface area contributed by atoms with E-state index < -0.39 is 5.69 Å². The van der Waals surface area contributed by atoms with Crippen LogP contribution in [-0.2, 0) is 0 Å². The molecule has 21 heavy (non-hydrogen) atoms. The molecule has 1 N–H and O–H groups in total. The molecule has 0 aliphatic heterocycles. The molecule has 1 saturated carbocycles. The summed E-state index contributed by atoms with van der Waals surface area (Å²) in [7, 11) is 0. The zero-order chi connectivity index (χ0) is 15.0. The van der Waals surface area contributed by atoms with Crippen LogP contribution in [0.1, 0.15) is 42.7 Å². The number of aromatic amines is 1. The Hall–Kier alpha value is -1.88. The molecule has 0 spiro atoms. The monoisotopic (exact) mass is 305 g/mol. The first kappa shape index (κ1) is 14.1. The number of halogens is 1. The largest absolute Gasteiger partial charge is 0.334 e. The van der Waals surface area contributed by atoms with Crippen molar-refractivity contribution in [3.63, 3.8) is 0 Å². The number of hydrogen-bond acceptors (Lipinski definition) is 3. The SMILES string of the molecule is Cc1ccncc1-n1c(=O)[nH]c(Cl)c(C2CCCC2)c1=O. The zero-order valence-corrected chi connectivity index (χ0v) is 12.5. The van der Waals surface area contributed by atoms with Gasteiger partial charge in [-0.25, -0.2) is 9.36 Å². The minimum Gasteiger partial charge on any atom is -0.297 e. The van der Waals surface area contributed by atoms with E-state index in [2.05, 4.69) is 9.97 Å². The van der Waals surface area contributed by atoms with Gasteiger partial charge in [-0.2, -0.15) is 0 Å². The lowest BCUT2D eigenvalue weighted by atomic mass is 10.0. The Balaban J connectivity index is 2.27. The zero-order valence-electron chi connectivity index (χ0n) is 11.7. The first-order chi connectivity index (χ1) is 10.1. The molecule has 1 aliphatic rings. The fourth-order valence-corrected chi connectivity index (χ4v) is 3.32. The van der Waals surface area contributed by atoms with Crippen LogP contribution in [0.3, 0.4) is 0 Å². The minimum atomic E-state index is -0.525. The summed E-state index contributed by atoms with van der Waals surface area (Å²) in [6, 6.07) is 1.77. The van der Waals surface area contributed by atoms with E-state index in [4.69, 9.17) is 11.6 Å². The fraction of sp³-hybridized carbons (Fsp3) is 0.400. The van der Waals surface area contributed by atoms with E-state index in [0.717, 1.165) is 35.8 Å². The quantitative estimate of drug-likeness (QED) is 0.867. The second-order valence-corrected chi connectivity index (χ2v) is 5.82. The highest BCUT2D eigenvalue weighted by Crippen LogP contribution is 2.34. The number of hydrogen-bond donors (Lipinski definition) is 1. The smallest absolute Gasteiger partial charge is 0.297 e. The van der Waals surface area contributed by atoms with E-state index in [0.29, 0.717) is 11.3 Å². The van der Waals surface area contributed by atoms with Crippen LogP contribution in [0.5, 0.6) is 0 Å². The number of nitrogens with zero attached hydrogens (tertiary/aromatic N) is 2. The summed E-state index contributed by atoms with van der Waals surface area (Å²) < 4.78 is 1.14. The van der Waals surface area contributed by atoms with Gasteiger partial charge >= 0.3 is 5.69 Å². The van der Waals surface area contributed by atoms with Crippen LogP contribution in [-0.4, -0.2) is 14.5 Å². The molecule has 0 aromatic carbocycles. The summed E-state index contributed by atoms with van der Waals surface area (Å²) >= 11 is 6.13. The second kappa shape index (κ2) is 5.48. The van der Waals surface area contributed by atoms with Crippen molar-refractivity contribution < 1.29 is 0 Å². The van der Waals surface area contributed by atoms with Crippen LogP contribution >= 0.6 is 11.6 Å². The van der Waals surface area contributed by atoms with Gasteiger partial charge in [-0.15, -0.1) is 0 Å². The fourth-order valence-electron chi connectivity index (χ4n) is 3.00. The number of nitrogens with one attached hydrogen (secondary N) is 1. The van der Waals surface area contributed by atoms with E-state index in [9.17, 15) is 9.59 Å². The van der Waals surface area contributed by atoms with Crippen LogP contribution in [0.4, 0.5) is 0 Å². The van der Waals surface area contributed by atoms with E-state index in [1.54, 1.807) is 12.3 Å². The van der Waals surface area contributed by atoms with Crippen LogP contribution in [0.2, 0.25) is 5.15 Å². The van der Waals surface area contributed by atoms with Crippen molar-refractivity contribution in [1.29, 1.82) is 0 Å². The maximum Gasteiger partial charge on any atom is 0.334 e. The Kier molecular flexibility index (Phi) is 3.68. The number of H-pyrrole nitrogens is 1. The molecule has 3 rings (SSSR count). The molecule has 0 saturated heterocycles. The van der Waals surface area contributed by atoms with Gasteiger partial charge in [0.2, 0.25) is 0 Å². The topological polar surface area (TPSA) is 67.8 Å². The van der Waals surface area contributed by atoms with Crippen molar-refractivity contribution in [3.05, 3.63) is 55.6 Å². The van der Waals surface area contributed by atoms with Crippen molar-refractivity contribution in [3.8, 4) is 5.69 Å². The average Bonchev–Trinajstić information content (AvgIpc) is 2.94. The van der Waals surface area contributed by atoms with Crippen LogP contribution < -0.4 is 11.2 Å². The van der Waals surface area contributed by atoms with Gasteiger partial charge in [0, 0.05) is 6.20 Å². The highest BCUT2D eigenvalue weighted by molar-refractivity contribution is 6.30. The number of aryl methyl sites for hydroxylation is 1. The van der Waals surface area contributed by atoms with E-state index in [-0.39, 0.29) is 16.6 Å². The maximum absolute atomic E-state index is 12.8. The first-order valence-corrected chi connectivity index (χ1v) is 7.43. The molecular formula is C15H16ClN3O2. The molecule has 0 radical (unpaired) electrons. The molecule has 2 aromatic heterocycles. The number of pyridine rings is 1. The summed E-state index contributed by atoms with van der Waals surface area (Å²) in [5.41, 5.74) is 0.989. The van der Waals surface area contributed by atoms with Gasteiger partial charge in [-0.3, -0.25) is 14.8 Å². The molecule has 0 unspecified atom stereocenters. The van der Waals surface area contributed by atoms with E-state index in [1.807, 2.05) is 6.92 Å². The Morgan fingerprint density at radius 2 is 2.05 bits per heavy atom. The molecule has 2 heterocycles. The second-order valence-electron chi connectivity index (χ2n) is 5.44. The minimum absolute atomic E-state index is 0.130. The van der Waals surface area contributed by atoms with Gasteiger partial charge in [0.25, 0.3) is 5.56 Å². The van der Waals surface area contributed by atoms with Crippen molar-refractivity contribution in [2.24, 2.45) is 0 Å². The molecule has 0 atom stereocenters.